The molecule has 2 bridgehead atoms. The van der Waals surface area contributed by atoms with E-state index in [1.807, 2.05) is 20.8 Å². The third kappa shape index (κ3) is 0.838. The third-order valence-electron chi connectivity index (χ3n) is 4.82. The topological polar surface area (TPSA) is 0 Å². The molecule has 3 saturated carbocycles. The SMILES string of the molecule is CC(C)(C)C1CC2(F)CC1(F)C2(C)C. The Kier molecular flexibility index (Phi) is 1.61. The summed E-state index contributed by atoms with van der Waals surface area (Å²) in [6.07, 6.45) is 0.523. The fourth-order valence-corrected chi connectivity index (χ4v) is 3.48. The van der Waals surface area contributed by atoms with E-state index in [9.17, 15) is 8.78 Å². The van der Waals surface area contributed by atoms with E-state index in [0.29, 0.717) is 6.42 Å². The lowest BCUT2D eigenvalue weighted by Gasteiger charge is -2.55. The lowest BCUT2D eigenvalue weighted by molar-refractivity contribution is -0.178. The first-order valence-corrected chi connectivity index (χ1v) is 5.42. The van der Waals surface area contributed by atoms with Crippen molar-refractivity contribution in [2.24, 2.45) is 16.7 Å². The van der Waals surface area contributed by atoms with Gasteiger partial charge in [0.05, 0.1) is 0 Å². The van der Waals surface area contributed by atoms with Crippen molar-refractivity contribution in [2.45, 2.75) is 58.8 Å². The average molecular weight is 202 g/mol. The number of fused-ring (bicyclic) bond motifs is 1. The van der Waals surface area contributed by atoms with Crippen LogP contribution >= 0.6 is 0 Å². The minimum atomic E-state index is -1.28. The van der Waals surface area contributed by atoms with Crippen LogP contribution < -0.4 is 0 Å². The van der Waals surface area contributed by atoms with Crippen LogP contribution in [0, 0.1) is 16.7 Å². The predicted molar refractivity (Wildman–Crippen MR) is 53.6 cm³/mol. The zero-order chi connectivity index (χ0) is 11.0. The van der Waals surface area contributed by atoms with Crippen LogP contribution in [0.2, 0.25) is 0 Å². The van der Waals surface area contributed by atoms with Gasteiger partial charge < -0.3 is 0 Å². The summed E-state index contributed by atoms with van der Waals surface area (Å²) in [6.45, 7) is 9.52. The van der Waals surface area contributed by atoms with Crippen LogP contribution in [0.5, 0.6) is 0 Å². The van der Waals surface area contributed by atoms with Crippen LogP contribution in [0.1, 0.15) is 47.5 Å². The molecule has 0 saturated heterocycles. The Balaban J connectivity index is 2.38. The van der Waals surface area contributed by atoms with Gasteiger partial charge in [-0.3, -0.25) is 0 Å². The number of hydrogen-bond donors (Lipinski definition) is 0. The Morgan fingerprint density at radius 1 is 1.14 bits per heavy atom. The van der Waals surface area contributed by atoms with E-state index in [0.717, 1.165) is 0 Å². The number of halogens is 2. The molecule has 14 heavy (non-hydrogen) atoms. The highest BCUT2D eigenvalue weighted by molar-refractivity contribution is 5.29. The van der Waals surface area contributed by atoms with Crippen LogP contribution in [-0.2, 0) is 0 Å². The molecule has 82 valence electrons. The van der Waals surface area contributed by atoms with Crippen molar-refractivity contribution in [1.82, 2.24) is 0 Å². The molecular formula is C12H20F2. The van der Waals surface area contributed by atoms with Crippen molar-refractivity contribution >= 4 is 0 Å². The average Bonchev–Trinajstić information content (AvgIpc) is 2.32. The van der Waals surface area contributed by atoms with E-state index in [-0.39, 0.29) is 17.8 Å². The summed E-state index contributed by atoms with van der Waals surface area (Å²) in [4.78, 5) is 0. The molecule has 0 heterocycles. The standard InChI is InChI=1S/C12H20F2/c1-9(2,3)8-6-11(13)7-12(8,14)10(11,4)5/h8H,6-7H2,1-5H3. The fourth-order valence-electron chi connectivity index (χ4n) is 3.48. The fraction of sp³-hybridized carbons (Fsp3) is 1.00. The summed E-state index contributed by atoms with van der Waals surface area (Å²) in [7, 11) is 0. The molecule has 0 aromatic rings. The van der Waals surface area contributed by atoms with Crippen LogP contribution in [0.25, 0.3) is 0 Å². The first-order chi connectivity index (χ1) is 6.05. The molecular weight excluding hydrogens is 182 g/mol. The quantitative estimate of drug-likeness (QED) is 0.559. The molecule has 3 fully saturated rings. The Hall–Kier alpha value is -0.140. The molecule has 0 aromatic heterocycles. The Morgan fingerprint density at radius 2 is 1.64 bits per heavy atom. The molecule has 3 atom stereocenters. The highest BCUT2D eigenvalue weighted by Gasteiger charge is 2.81. The van der Waals surface area contributed by atoms with Crippen molar-refractivity contribution in [3.8, 4) is 0 Å². The predicted octanol–water partition coefficient (Wildman–Crippen LogP) is 3.90. The van der Waals surface area contributed by atoms with Crippen LogP contribution in [0.4, 0.5) is 8.78 Å². The van der Waals surface area contributed by atoms with Crippen LogP contribution in [0.3, 0.4) is 0 Å². The van der Waals surface area contributed by atoms with Crippen molar-refractivity contribution in [2.75, 3.05) is 0 Å². The van der Waals surface area contributed by atoms with Crippen molar-refractivity contribution < 1.29 is 8.78 Å². The van der Waals surface area contributed by atoms with Gasteiger partial charge in [-0.15, -0.1) is 0 Å². The highest BCUT2D eigenvalue weighted by atomic mass is 19.2. The molecule has 3 aliphatic rings. The summed E-state index contributed by atoms with van der Waals surface area (Å²) in [5.74, 6) is -0.130. The van der Waals surface area contributed by atoms with E-state index in [4.69, 9.17) is 0 Å². The minimum absolute atomic E-state index is 0.120. The van der Waals surface area contributed by atoms with Gasteiger partial charge in [0.25, 0.3) is 0 Å². The molecule has 0 aliphatic heterocycles. The molecule has 3 unspecified atom stereocenters. The molecule has 0 nitrogen and oxygen atoms in total. The largest absolute Gasteiger partial charge is 0.243 e. The molecule has 0 aromatic carbocycles. The molecule has 0 N–H and O–H groups in total. The normalized spacial score (nSPS) is 50.4. The van der Waals surface area contributed by atoms with E-state index >= 15 is 0 Å². The summed E-state index contributed by atoms with van der Waals surface area (Å²) in [5, 5.41) is 0. The monoisotopic (exact) mass is 202 g/mol. The second kappa shape index (κ2) is 2.17. The molecule has 3 aliphatic carbocycles. The van der Waals surface area contributed by atoms with Gasteiger partial charge in [-0.1, -0.05) is 34.6 Å². The smallest absolute Gasteiger partial charge is 0.125 e. The van der Waals surface area contributed by atoms with Gasteiger partial charge in [0.15, 0.2) is 0 Å². The van der Waals surface area contributed by atoms with Gasteiger partial charge >= 0.3 is 0 Å². The number of rotatable bonds is 0. The summed E-state index contributed by atoms with van der Waals surface area (Å²) in [6, 6.07) is 0. The van der Waals surface area contributed by atoms with Gasteiger partial charge in [-0.2, -0.15) is 0 Å². The van der Waals surface area contributed by atoms with Crippen LogP contribution in [-0.4, -0.2) is 11.3 Å². The molecule has 2 heteroatoms. The van der Waals surface area contributed by atoms with E-state index in [2.05, 4.69) is 0 Å². The van der Waals surface area contributed by atoms with E-state index < -0.39 is 16.8 Å². The number of hydrogen-bond acceptors (Lipinski definition) is 0. The lowest BCUT2D eigenvalue weighted by atomic mass is 9.54. The molecule has 0 radical (unpaired) electrons. The zero-order valence-electron chi connectivity index (χ0n) is 9.75. The van der Waals surface area contributed by atoms with Gasteiger partial charge in [0, 0.05) is 17.8 Å². The summed E-state index contributed by atoms with van der Waals surface area (Å²) < 4.78 is 28.9. The third-order valence-corrected chi connectivity index (χ3v) is 4.82. The van der Waals surface area contributed by atoms with Crippen LogP contribution in [0.15, 0.2) is 0 Å². The first-order valence-electron chi connectivity index (χ1n) is 5.42. The Morgan fingerprint density at radius 3 is 1.79 bits per heavy atom. The van der Waals surface area contributed by atoms with Gasteiger partial charge in [-0.05, 0) is 11.8 Å². The van der Waals surface area contributed by atoms with E-state index in [1.165, 1.54) is 0 Å². The van der Waals surface area contributed by atoms with Crippen molar-refractivity contribution in [3.05, 3.63) is 0 Å². The van der Waals surface area contributed by atoms with E-state index in [1.54, 1.807) is 13.8 Å². The number of alkyl halides is 2. The minimum Gasteiger partial charge on any atom is -0.243 e. The summed E-state index contributed by atoms with van der Waals surface area (Å²) in [5.41, 5.74) is -3.44. The molecule has 3 rings (SSSR count). The first kappa shape index (κ1) is 10.4. The second-order valence-electron chi connectivity index (χ2n) is 6.75. The summed E-state index contributed by atoms with van der Waals surface area (Å²) >= 11 is 0. The lowest BCUT2D eigenvalue weighted by Crippen LogP contribution is -2.62. The van der Waals surface area contributed by atoms with Gasteiger partial charge in [0.2, 0.25) is 0 Å². The maximum absolute atomic E-state index is 14.6. The highest BCUT2D eigenvalue weighted by Crippen LogP contribution is 2.76. The maximum atomic E-state index is 14.6. The Labute approximate surface area is 85.1 Å². The Bertz CT molecular complexity index is 277. The molecule has 0 spiro atoms. The van der Waals surface area contributed by atoms with Crippen molar-refractivity contribution in [3.63, 3.8) is 0 Å². The van der Waals surface area contributed by atoms with Crippen molar-refractivity contribution in [1.29, 1.82) is 0 Å². The molecule has 0 amide bonds. The van der Waals surface area contributed by atoms with Gasteiger partial charge in [0.1, 0.15) is 11.3 Å². The second-order valence-corrected chi connectivity index (χ2v) is 6.75. The zero-order valence-corrected chi connectivity index (χ0v) is 9.75. The van der Waals surface area contributed by atoms with Gasteiger partial charge in [-0.25, -0.2) is 8.78 Å². The maximum Gasteiger partial charge on any atom is 0.125 e.